The summed E-state index contributed by atoms with van der Waals surface area (Å²) in [5.41, 5.74) is 4.38. The van der Waals surface area contributed by atoms with Gasteiger partial charge >= 0.3 is 0 Å². The largest absolute Gasteiger partial charge is 0.208 e. The van der Waals surface area contributed by atoms with Crippen LogP contribution >= 0.6 is 0 Å². The maximum Gasteiger partial charge on any atom is 0.141 e. The minimum Gasteiger partial charge on any atom is -0.208 e. The second kappa shape index (κ2) is 5.73. The van der Waals surface area contributed by atoms with Gasteiger partial charge in [0.1, 0.15) is 12.7 Å². The molecule has 2 rings (SSSR count). The fourth-order valence-electron chi connectivity index (χ4n) is 2.83. The Morgan fingerprint density at radius 2 is 2.15 bits per heavy atom. The monoisotopic (exact) mass is 272 g/mol. The Balaban J connectivity index is 2.11. The summed E-state index contributed by atoms with van der Waals surface area (Å²) in [5, 5.41) is 11.9. The highest BCUT2D eigenvalue weighted by Crippen LogP contribution is 2.41. The van der Waals surface area contributed by atoms with E-state index in [4.69, 9.17) is 0 Å². The van der Waals surface area contributed by atoms with Gasteiger partial charge in [-0.25, -0.2) is 4.68 Å². The fraction of sp³-hybridized carbons (Fsp3) is 0.562. The molecule has 4 nitrogen and oxygen atoms in total. The molecule has 0 saturated carbocycles. The number of aromatic nitrogens is 3. The van der Waals surface area contributed by atoms with Crippen LogP contribution in [0.3, 0.4) is 0 Å². The molecule has 4 heteroatoms. The van der Waals surface area contributed by atoms with Crippen molar-refractivity contribution < 1.29 is 0 Å². The molecule has 0 N–H and O–H groups in total. The first-order chi connectivity index (χ1) is 9.39. The van der Waals surface area contributed by atoms with Gasteiger partial charge in [0, 0.05) is 17.5 Å². The molecule has 0 spiro atoms. The van der Waals surface area contributed by atoms with E-state index in [9.17, 15) is 0 Å². The van der Waals surface area contributed by atoms with Crippen LogP contribution in [0.2, 0.25) is 0 Å². The van der Waals surface area contributed by atoms with Gasteiger partial charge in [0.05, 0.1) is 0 Å². The van der Waals surface area contributed by atoms with Gasteiger partial charge in [-0.05, 0) is 33.1 Å². The third-order valence-electron chi connectivity index (χ3n) is 3.96. The Kier molecular flexibility index (Phi) is 4.21. The van der Waals surface area contributed by atoms with Crippen LogP contribution in [0.1, 0.15) is 47.0 Å². The molecule has 0 saturated heterocycles. The molecule has 0 bridgehead atoms. The lowest BCUT2D eigenvalue weighted by Crippen LogP contribution is -2.17. The van der Waals surface area contributed by atoms with Gasteiger partial charge in [-0.3, -0.25) is 0 Å². The highest BCUT2D eigenvalue weighted by molar-refractivity contribution is 5.65. The summed E-state index contributed by atoms with van der Waals surface area (Å²) in [4.78, 5) is 0. The van der Waals surface area contributed by atoms with E-state index in [-0.39, 0.29) is 5.41 Å². The minimum atomic E-state index is 0.0128. The zero-order valence-corrected chi connectivity index (χ0v) is 12.9. The maximum atomic E-state index is 4.40. The van der Waals surface area contributed by atoms with Crippen molar-refractivity contribution in [2.75, 3.05) is 0 Å². The number of nitrogens with zero attached hydrogens (tertiary/aromatic N) is 4. The van der Waals surface area contributed by atoms with Crippen molar-refractivity contribution in [1.82, 2.24) is 14.9 Å². The van der Waals surface area contributed by atoms with Crippen molar-refractivity contribution in [3.8, 4) is 0 Å². The van der Waals surface area contributed by atoms with Crippen molar-refractivity contribution in [2.24, 2.45) is 16.4 Å². The molecule has 0 fully saturated rings. The smallest absolute Gasteiger partial charge is 0.141 e. The van der Waals surface area contributed by atoms with Crippen LogP contribution in [-0.2, 0) is 0 Å². The molecule has 108 valence electrons. The quantitative estimate of drug-likeness (QED) is 0.604. The third kappa shape index (κ3) is 3.44. The Morgan fingerprint density at radius 3 is 2.75 bits per heavy atom. The lowest BCUT2D eigenvalue weighted by Gasteiger charge is -2.24. The van der Waals surface area contributed by atoms with Gasteiger partial charge in [-0.1, -0.05) is 37.1 Å². The molecule has 1 aromatic heterocycles. The molecule has 0 unspecified atom stereocenters. The molecule has 1 heterocycles. The van der Waals surface area contributed by atoms with Gasteiger partial charge in [0.25, 0.3) is 0 Å². The van der Waals surface area contributed by atoms with E-state index in [1.54, 1.807) is 22.9 Å². The molecule has 0 radical (unpaired) electrons. The Bertz CT molecular complexity index is 535. The zero-order valence-electron chi connectivity index (χ0n) is 12.9. The molecule has 0 aliphatic heterocycles. The average Bonchev–Trinajstić information content (AvgIpc) is 2.98. The van der Waals surface area contributed by atoms with Gasteiger partial charge in [-0.15, -0.1) is 10.2 Å². The van der Waals surface area contributed by atoms with Gasteiger partial charge < -0.3 is 0 Å². The Hall–Kier alpha value is -1.71. The first-order valence-corrected chi connectivity index (χ1v) is 7.13. The van der Waals surface area contributed by atoms with E-state index in [0.717, 1.165) is 6.42 Å². The Labute approximate surface area is 121 Å². The van der Waals surface area contributed by atoms with Crippen LogP contribution in [0.5, 0.6) is 0 Å². The highest BCUT2D eigenvalue weighted by atomic mass is 15.4. The van der Waals surface area contributed by atoms with Crippen LogP contribution in [-0.4, -0.2) is 21.1 Å². The number of hydrogen-bond acceptors (Lipinski definition) is 3. The van der Waals surface area contributed by atoms with E-state index in [2.05, 4.69) is 49.6 Å². The average molecular weight is 272 g/mol. The van der Waals surface area contributed by atoms with Crippen molar-refractivity contribution >= 4 is 6.21 Å². The lowest BCUT2D eigenvalue weighted by atomic mass is 9.81. The van der Waals surface area contributed by atoms with E-state index in [1.165, 1.54) is 24.0 Å². The topological polar surface area (TPSA) is 43.1 Å². The summed E-state index contributed by atoms with van der Waals surface area (Å²) < 4.78 is 1.63. The molecule has 1 aliphatic rings. The maximum absolute atomic E-state index is 4.40. The van der Waals surface area contributed by atoms with Gasteiger partial charge in [0.15, 0.2) is 0 Å². The molecule has 20 heavy (non-hydrogen) atoms. The lowest BCUT2D eigenvalue weighted by molar-refractivity contribution is 0.498. The molecule has 1 aliphatic carbocycles. The minimum absolute atomic E-state index is 0.0128. The fourth-order valence-corrected chi connectivity index (χ4v) is 2.83. The third-order valence-corrected chi connectivity index (χ3v) is 3.96. The van der Waals surface area contributed by atoms with E-state index in [0.29, 0.717) is 5.92 Å². The van der Waals surface area contributed by atoms with Crippen LogP contribution in [0, 0.1) is 11.3 Å². The van der Waals surface area contributed by atoms with Crippen molar-refractivity contribution in [2.45, 2.75) is 47.0 Å². The summed E-state index contributed by atoms with van der Waals surface area (Å²) in [6, 6.07) is 0. The molecule has 0 aromatic carbocycles. The van der Waals surface area contributed by atoms with Gasteiger partial charge in [0.2, 0.25) is 0 Å². The Morgan fingerprint density at radius 1 is 1.50 bits per heavy atom. The number of rotatable bonds is 5. The van der Waals surface area contributed by atoms with E-state index in [1.807, 2.05) is 6.21 Å². The predicted octanol–water partition coefficient (Wildman–Crippen LogP) is 3.83. The normalized spacial score (nSPS) is 20.1. The predicted molar refractivity (Wildman–Crippen MR) is 82.5 cm³/mol. The van der Waals surface area contributed by atoms with E-state index >= 15 is 0 Å². The summed E-state index contributed by atoms with van der Waals surface area (Å²) >= 11 is 0. The molecule has 1 aromatic rings. The summed E-state index contributed by atoms with van der Waals surface area (Å²) in [5.74, 6) is 0.553. The number of allylic oxidation sites excluding steroid dienone is 3. The van der Waals surface area contributed by atoms with Crippen molar-refractivity contribution in [3.05, 3.63) is 36.0 Å². The highest BCUT2D eigenvalue weighted by Gasteiger charge is 2.28. The summed E-state index contributed by atoms with van der Waals surface area (Å²) in [7, 11) is 0. The van der Waals surface area contributed by atoms with Crippen LogP contribution in [0.4, 0.5) is 0 Å². The van der Waals surface area contributed by atoms with E-state index < -0.39 is 0 Å². The van der Waals surface area contributed by atoms with Crippen LogP contribution < -0.4 is 0 Å². The van der Waals surface area contributed by atoms with Crippen LogP contribution in [0.15, 0.2) is 41.1 Å². The second-order valence-electron chi connectivity index (χ2n) is 6.50. The van der Waals surface area contributed by atoms with Crippen LogP contribution in [0.25, 0.3) is 0 Å². The number of hydrogen-bond donors (Lipinski definition) is 0. The second-order valence-corrected chi connectivity index (χ2v) is 6.50. The van der Waals surface area contributed by atoms with Gasteiger partial charge in [-0.2, -0.15) is 5.10 Å². The molecule has 1 atom stereocenters. The SMILES string of the molecule is C=C(C)[C@@H]1CCC(C)=C1CC(C)(C)C=Nn1cnnc1. The molecule has 0 amide bonds. The summed E-state index contributed by atoms with van der Waals surface area (Å²) in [6.45, 7) is 13.0. The first-order valence-electron chi connectivity index (χ1n) is 7.13. The zero-order chi connectivity index (χ0) is 14.8. The van der Waals surface area contributed by atoms with Crippen molar-refractivity contribution in [1.29, 1.82) is 0 Å². The standard InChI is InChI=1S/C16H24N4/c1-12(2)14-7-6-13(3)15(14)8-16(4,5)9-19-20-10-17-18-11-20/h9-11,14H,1,6-8H2,2-5H3/t14-/m0/s1. The first kappa shape index (κ1) is 14.7. The summed E-state index contributed by atoms with van der Waals surface area (Å²) in [6.07, 6.45) is 8.64. The molecular weight excluding hydrogens is 248 g/mol. The molecular formula is C16H24N4. The van der Waals surface area contributed by atoms with Crippen molar-refractivity contribution in [3.63, 3.8) is 0 Å².